The van der Waals surface area contributed by atoms with E-state index in [0.29, 0.717) is 0 Å². The van der Waals surface area contributed by atoms with E-state index in [4.69, 9.17) is 0 Å². The molecule has 2 aliphatic rings. The lowest BCUT2D eigenvalue weighted by atomic mass is 10.1. The predicted molar refractivity (Wildman–Crippen MR) is 83.7 cm³/mol. The number of anilines is 1. The van der Waals surface area contributed by atoms with Crippen molar-refractivity contribution in [3.63, 3.8) is 0 Å². The molecular formula is C16H24N4O. The zero-order chi connectivity index (χ0) is 14.5. The Hall–Kier alpha value is -1.62. The van der Waals surface area contributed by atoms with Crippen molar-refractivity contribution < 1.29 is 4.79 Å². The van der Waals surface area contributed by atoms with Gasteiger partial charge in [-0.3, -0.25) is 4.79 Å². The van der Waals surface area contributed by atoms with Gasteiger partial charge in [-0.25, -0.2) is 4.98 Å². The van der Waals surface area contributed by atoms with Gasteiger partial charge in [0.25, 0.3) is 5.91 Å². The van der Waals surface area contributed by atoms with Gasteiger partial charge in [-0.15, -0.1) is 0 Å². The first kappa shape index (κ1) is 14.3. The van der Waals surface area contributed by atoms with Crippen LogP contribution in [-0.2, 0) is 0 Å². The number of nitrogens with zero attached hydrogens (tertiary/aromatic N) is 2. The SMILES string of the molecule is O=C(NC1CCNCC1)c1cccnc1N1CCCCC1. The molecule has 1 aromatic heterocycles. The first-order valence-corrected chi connectivity index (χ1v) is 8.06. The molecule has 1 aromatic rings. The number of carbonyl (C=O) groups excluding carboxylic acids is 1. The second kappa shape index (κ2) is 6.89. The zero-order valence-corrected chi connectivity index (χ0v) is 12.5. The minimum Gasteiger partial charge on any atom is -0.356 e. The highest BCUT2D eigenvalue weighted by atomic mass is 16.1. The number of pyridine rings is 1. The number of hydrogen-bond acceptors (Lipinski definition) is 4. The standard InChI is InChI=1S/C16H24N4O/c21-16(19-13-6-9-17-10-7-13)14-5-4-8-18-15(14)20-11-2-1-3-12-20/h4-5,8,13,17H,1-3,6-7,9-12H2,(H,19,21). The Morgan fingerprint density at radius 1 is 1.24 bits per heavy atom. The number of hydrogen-bond donors (Lipinski definition) is 2. The third-order valence-electron chi connectivity index (χ3n) is 4.36. The molecule has 0 bridgehead atoms. The van der Waals surface area contributed by atoms with Gasteiger partial charge >= 0.3 is 0 Å². The van der Waals surface area contributed by atoms with Crippen LogP contribution in [0.25, 0.3) is 0 Å². The summed E-state index contributed by atoms with van der Waals surface area (Å²) in [5.41, 5.74) is 0.720. The molecule has 5 nitrogen and oxygen atoms in total. The van der Waals surface area contributed by atoms with Crippen molar-refractivity contribution in [2.24, 2.45) is 0 Å². The lowest BCUT2D eigenvalue weighted by molar-refractivity contribution is 0.0929. The van der Waals surface area contributed by atoms with E-state index in [0.717, 1.165) is 50.4 Å². The number of rotatable bonds is 3. The summed E-state index contributed by atoms with van der Waals surface area (Å²) in [5, 5.41) is 6.49. The van der Waals surface area contributed by atoms with Crippen LogP contribution in [0.1, 0.15) is 42.5 Å². The first-order chi connectivity index (χ1) is 10.3. The van der Waals surface area contributed by atoms with Crippen molar-refractivity contribution in [2.75, 3.05) is 31.1 Å². The Kier molecular flexibility index (Phi) is 4.70. The van der Waals surface area contributed by atoms with Crippen molar-refractivity contribution in [1.82, 2.24) is 15.6 Å². The van der Waals surface area contributed by atoms with Gasteiger partial charge in [0.2, 0.25) is 0 Å². The molecule has 5 heteroatoms. The molecule has 114 valence electrons. The van der Waals surface area contributed by atoms with Crippen LogP contribution in [0.3, 0.4) is 0 Å². The second-order valence-electron chi connectivity index (χ2n) is 5.92. The van der Waals surface area contributed by atoms with Crippen LogP contribution < -0.4 is 15.5 Å². The normalized spacial score (nSPS) is 20.3. The van der Waals surface area contributed by atoms with E-state index in [-0.39, 0.29) is 11.9 Å². The van der Waals surface area contributed by atoms with Crippen LogP contribution >= 0.6 is 0 Å². The Balaban J connectivity index is 1.72. The van der Waals surface area contributed by atoms with Crippen molar-refractivity contribution in [1.29, 1.82) is 0 Å². The van der Waals surface area contributed by atoms with Gasteiger partial charge in [-0.2, -0.15) is 0 Å². The molecule has 2 aliphatic heterocycles. The summed E-state index contributed by atoms with van der Waals surface area (Å²) in [7, 11) is 0. The molecule has 2 fully saturated rings. The van der Waals surface area contributed by atoms with Gasteiger partial charge in [0, 0.05) is 25.3 Å². The largest absolute Gasteiger partial charge is 0.356 e. The lowest BCUT2D eigenvalue weighted by Gasteiger charge is -2.30. The Morgan fingerprint density at radius 3 is 2.76 bits per heavy atom. The monoisotopic (exact) mass is 288 g/mol. The first-order valence-electron chi connectivity index (χ1n) is 8.06. The molecule has 2 saturated heterocycles. The molecule has 0 aliphatic carbocycles. The van der Waals surface area contributed by atoms with Crippen LogP contribution in [0.15, 0.2) is 18.3 Å². The third-order valence-corrected chi connectivity index (χ3v) is 4.36. The summed E-state index contributed by atoms with van der Waals surface area (Å²) in [6.45, 7) is 3.98. The average molecular weight is 288 g/mol. The molecule has 0 unspecified atom stereocenters. The fourth-order valence-corrected chi connectivity index (χ4v) is 3.16. The van der Waals surface area contributed by atoms with Gasteiger partial charge in [-0.05, 0) is 57.3 Å². The van der Waals surface area contributed by atoms with Gasteiger partial charge in [-0.1, -0.05) is 0 Å². The van der Waals surface area contributed by atoms with E-state index in [1.54, 1.807) is 6.20 Å². The van der Waals surface area contributed by atoms with Crippen molar-refractivity contribution in [3.8, 4) is 0 Å². The third kappa shape index (κ3) is 3.53. The minimum absolute atomic E-state index is 0.0237. The maximum absolute atomic E-state index is 12.6. The van der Waals surface area contributed by atoms with Crippen LogP contribution in [0.4, 0.5) is 5.82 Å². The molecule has 1 amide bonds. The van der Waals surface area contributed by atoms with Gasteiger partial charge < -0.3 is 15.5 Å². The number of aromatic nitrogens is 1. The van der Waals surface area contributed by atoms with Crippen molar-refractivity contribution in [2.45, 2.75) is 38.1 Å². The summed E-state index contributed by atoms with van der Waals surface area (Å²) < 4.78 is 0. The predicted octanol–water partition coefficient (Wildman–Crippen LogP) is 1.55. The van der Waals surface area contributed by atoms with Gasteiger partial charge in [0.1, 0.15) is 5.82 Å². The van der Waals surface area contributed by atoms with Crippen molar-refractivity contribution in [3.05, 3.63) is 23.9 Å². The number of amides is 1. The summed E-state index contributed by atoms with van der Waals surface area (Å²) in [6, 6.07) is 4.03. The summed E-state index contributed by atoms with van der Waals surface area (Å²) in [6.07, 6.45) is 7.44. The second-order valence-corrected chi connectivity index (χ2v) is 5.92. The van der Waals surface area contributed by atoms with Crippen LogP contribution in [0, 0.1) is 0 Å². The highest BCUT2D eigenvalue weighted by Crippen LogP contribution is 2.21. The topological polar surface area (TPSA) is 57.3 Å². The number of carbonyl (C=O) groups is 1. The molecule has 0 aromatic carbocycles. The minimum atomic E-state index is 0.0237. The average Bonchev–Trinajstić information content (AvgIpc) is 2.56. The molecule has 3 heterocycles. The maximum atomic E-state index is 12.6. The quantitative estimate of drug-likeness (QED) is 0.886. The van der Waals surface area contributed by atoms with E-state index >= 15 is 0 Å². The molecular weight excluding hydrogens is 264 g/mol. The summed E-state index contributed by atoms with van der Waals surface area (Å²) >= 11 is 0. The van der Waals surface area contributed by atoms with E-state index in [2.05, 4.69) is 20.5 Å². The maximum Gasteiger partial charge on any atom is 0.255 e. The molecule has 0 radical (unpaired) electrons. The Labute approximate surface area is 126 Å². The smallest absolute Gasteiger partial charge is 0.255 e. The fourth-order valence-electron chi connectivity index (χ4n) is 3.16. The zero-order valence-electron chi connectivity index (χ0n) is 12.5. The molecule has 3 rings (SSSR count). The van der Waals surface area contributed by atoms with Gasteiger partial charge in [0.15, 0.2) is 0 Å². The van der Waals surface area contributed by atoms with Crippen LogP contribution in [0.5, 0.6) is 0 Å². The Bertz CT molecular complexity index is 479. The van der Waals surface area contributed by atoms with E-state index in [1.807, 2.05) is 12.1 Å². The van der Waals surface area contributed by atoms with E-state index < -0.39 is 0 Å². The molecule has 2 N–H and O–H groups in total. The van der Waals surface area contributed by atoms with Crippen molar-refractivity contribution >= 4 is 11.7 Å². The van der Waals surface area contributed by atoms with E-state index in [1.165, 1.54) is 19.3 Å². The highest BCUT2D eigenvalue weighted by Gasteiger charge is 2.22. The van der Waals surface area contributed by atoms with Gasteiger partial charge in [0.05, 0.1) is 5.56 Å². The lowest BCUT2D eigenvalue weighted by Crippen LogP contribution is -2.43. The highest BCUT2D eigenvalue weighted by molar-refractivity contribution is 5.99. The molecule has 0 atom stereocenters. The summed E-state index contributed by atoms with van der Waals surface area (Å²) in [5.74, 6) is 0.874. The number of nitrogens with one attached hydrogen (secondary N) is 2. The molecule has 21 heavy (non-hydrogen) atoms. The summed E-state index contributed by atoms with van der Waals surface area (Å²) in [4.78, 5) is 19.3. The van der Waals surface area contributed by atoms with Crippen LogP contribution in [0.2, 0.25) is 0 Å². The fraction of sp³-hybridized carbons (Fsp3) is 0.625. The molecule has 0 spiro atoms. The number of piperidine rings is 2. The van der Waals surface area contributed by atoms with Crippen LogP contribution in [-0.4, -0.2) is 43.1 Å². The molecule has 0 saturated carbocycles. The Morgan fingerprint density at radius 2 is 2.00 bits per heavy atom. The van der Waals surface area contributed by atoms with E-state index in [9.17, 15) is 4.79 Å².